The summed E-state index contributed by atoms with van der Waals surface area (Å²) in [6.45, 7) is 0.762. The first-order valence-corrected chi connectivity index (χ1v) is 7.56. The maximum atomic E-state index is 12.4. The summed E-state index contributed by atoms with van der Waals surface area (Å²) in [4.78, 5) is 17.3. The zero-order valence-electron chi connectivity index (χ0n) is 11.9. The summed E-state index contributed by atoms with van der Waals surface area (Å²) in [7, 11) is 6.05. The highest BCUT2D eigenvalue weighted by molar-refractivity contribution is 7.10. The molecule has 2 rings (SSSR count). The molecule has 1 heterocycles. The van der Waals surface area contributed by atoms with E-state index in [1.807, 2.05) is 24.6 Å². The van der Waals surface area contributed by atoms with Crippen LogP contribution >= 0.6 is 11.3 Å². The number of hydrogen-bond acceptors (Lipinski definition) is 4. The third-order valence-corrected chi connectivity index (χ3v) is 5.21. The van der Waals surface area contributed by atoms with E-state index in [0.29, 0.717) is 0 Å². The highest BCUT2D eigenvalue weighted by atomic mass is 32.1. The van der Waals surface area contributed by atoms with Gasteiger partial charge in [0, 0.05) is 24.0 Å². The van der Waals surface area contributed by atoms with Gasteiger partial charge in [0.15, 0.2) is 0 Å². The molecule has 1 aromatic rings. The molecule has 1 saturated carbocycles. The van der Waals surface area contributed by atoms with Crippen LogP contribution in [-0.4, -0.2) is 48.9 Å². The molecule has 1 aliphatic carbocycles. The normalized spacial score (nSPS) is 19.0. The summed E-state index contributed by atoms with van der Waals surface area (Å²) >= 11 is 1.54. The fourth-order valence-corrected chi connectivity index (χ4v) is 3.40. The summed E-state index contributed by atoms with van der Waals surface area (Å²) in [5.74, 6) is 0.00979. The molecule has 0 saturated heterocycles. The van der Waals surface area contributed by atoms with Crippen molar-refractivity contribution in [3.05, 3.63) is 22.4 Å². The molecular formula is C14H23N3OS. The van der Waals surface area contributed by atoms with Gasteiger partial charge in [-0.05, 0) is 44.8 Å². The number of nitrogens with zero attached hydrogens (tertiary/aromatic N) is 2. The van der Waals surface area contributed by atoms with Crippen molar-refractivity contribution in [3.8, 4) is 0 Å². The molecule has 19 heavy (non-hydrogen) atoms. The van der Waals surface area contributed by atoms with Gasteiger partial charge in [0.2, 0.25) is 5.91 Å². The summed E-state index contributed by atoms with van der Waals surface area (Å²) in [6.07, 6.45) is 3.56. The van der Waals surface area contributed by atoms with E-state index in [9.17, 15) is 4.79 Å². The number of likely N-dealkylation sites (N-methyl/N-ethyl adjacent to an activating group) is 2. The Morgan fingerprint density at radius 3 is 2.58 bits per heavy atom. The van der Waals surface area contributed by atoms with Crippen molar-refractivity contribution in [2.75, 3.05) is 27.7 Å². The second-order valence-corrected chi connectivity index (χ2v) is 6.64. The van der Waals surface area contributed by atoms with Crippen LogP contribution in [0, 0.1) is 0 Å². The number of amides is 1. The van der Waals surface area contributed by atoms with Crippen molar-refractivity contribution in [3.63, 3.8) is 0 Å². The standard InChI is InChI=1S/C14H23N3OS/c1-16(2)14(7-5-8-14)10-17(3)13(18)12(15)11-6-4-9-19-11/h4,6,9,12H,5,7-8,10,15H2,1-3H3. The molecule has 2 N–H and O–H groups in total. The van der Waals surface area contributed by atoms with Crippen molar-refractivity contribution < 1.29 is 4.79 Å². The summed E-state index contributed by atoms with van der Waals surface area (Å²) in [6, 6.07) is 3.33. The Morgan fingerprint density at radius 1 is 1.47 bits per heavy atom. The Bertz CT molecular complexity index is 426. The first-order valence-electron chi connectivity index (χ1n) is 6.68. The van der Waals surface area contributed by atoms with E-state index in [0.717, 1.165) is 24.3 Å². The number of carbonyl (C=O) groups is 1. The lowest BCUT2D eigenvalue weighted by molar-refractivity contribution is -0.134. The SMILES string of the molecule is CN(CC1(N(C)C)CCC1)C(=O)C(N)c1cccs1. The molecule has 5 heteroatoms. The van der Waals surface area contributed by atoms with Gasteiger partial charge in [-0.2, -0.15) is 0 Å². The van der Waals surface area contributed by atoms with Crippen molar-refractivity contribution in [2.24, 2.45) is 5.73 Å². The first kappa shape index (κ1) is 14.5. The van der Waals surface area contributed by atoms with Crippen LogP contribution in [0.5, 0.6) is 0 Å². The largest absolute Gasteiger partial charge is 0.342 e. The molecule has 1 amide bonds. The third-order valence-electron chi connectivity index (χ3n) is 4.26. The van der Waals surface area contributed by atoms with Crippen LogP contribution in [0.4, 0.5) is 0 Å². The minimum Gasteiger partial charge on any atom is -0.342 e. The van der Waals surface area contributed by atoms with E-state index >= 15 is 0 Å². The smallest absolute Gasteiger partial charge is 0.244 e. The fraction of sp³-hybridized carbons (Fsp3) is 0.643. The molecule has 0 aromatic carbocycles. The van der Waals surface area contributed by atoms with Gasteiger partial charge in [0.25, 0.3) is 0 Å². The van der Waals surface area contributed by atoms with Gasteiger partial charge in [-0.25, -0.2) is 0 Å². The van der Waals surface area contributed by atoms with Gasteiger partial charge in [0.05, 0.1) is 0 Å². The molecule has 1 fully saturated rings. The van der Waals surface area contributed by atoms with E-state index in [1.165, 1.54) is 17.8 Å². The van der Waals surface area contributed by atoms with Crippen LogP contribution in [0.1, 0.15) is 30.2 Å². The van der Waals surface area contributed by atoms with E-state index in [2.05, 4.69) is 19.0 Å². The fourth-order valence-electron chi connectivity index (χ4n) is 2.68. The van der Waals surface area contributed by atoms with Gasteiger partial charge in [-0.15, -0.1) is 11.3 Å². The molecule has 1 atom stereocenters. The van der Waals surface area contributed by atoms with Crippen molar-refractivity contribution in [1.82, 2.24) is 9.80 Å². The van der Waals surface area contributed by atoms with Crippen LogP contribution < -0.4 is 5.73 Å². The van der Waals surface area contributed by atoms with Gasteiger partial charge in [-0.1, -0.05) is 6.07 Å². The average molecular weight is 281 g/mol. The van der Waals surface area contributed by atoms with Crippen molar-refractivity contribution >= 4 is 17.2 Å². The molecule has 0 spiro atoms. The molecule has 0 radical (unpaired) electrons. The number of nitrogens with two attached hydrogens (primary N) is 1. The Labute approximate surface area is 119 Å². The number of thiophene rings is 1. The van der Waals surface area contributed by atoms with Crippen molar-refractivity contribution in [1.29, 1.82) is 0 Å². The summed E-state index contributed by atoms with van der Waals surface area (Å²) in [5, 5.41) is 1.95. The number of carbonyl (C=O) groups excluding carboxylic acids is 1. The Balaban J connectivity index is 1.99. The predicted molar refractivity (Wildman–Crippen MR) is 79.2 cm³/mol. The van der Waals surface area contributed by atoms with E-state index < -0.39 is 6.04 Å². The summed E-state index contributed by atoms with van der Waals surface area (Å²) in [5.41, 5.74) is 6.20. The molecule has 0 bridgehead atoms. The second kappa shape index (κ2) is 5.61. The Morgan fingerprint density at radius 2 is 2.16 bits per heavy atom. The molecule has 1 aromatic heterocycles. The monoisotopic (exact) mass is 281 g/mol. The zero-order valence-corrected chi connectivity index (χ0v) is 12.7. The van der Waals surface area contributed by atoms with Gasteiger partial charge >= 0.3 is 0 Å². The van der Waals surface area contributed by atoms with Crippen molar-refractivity contribution in [2.45, 2.75) is 30.8 Å². The quantitative estimate of drug-likeness (QED) is 0.893. The summed E-state index contributed by atoms with van der Waals surface area (Å²) < 4.78 is 0. The molecule has 4 nitrogen and oxygen atoms in total. The Kier molecular flexibility index (Phi) is 4.28. The van der Waals surface area contributed by atoms with Gasteiger partial charge < -0.3 is 15.5 Å². The molecule has 1 unspecified atom stereocenters. The topological polar surface area (TPSA) is 49.6 Å². The van der Waals surface area contributed by atoms with Gasteiger partial charge in [-0.3, -0.25) is 4.79 Å². The molecule has 106 valence electrons. The number of hydrogen-bond donors (Lipinski definition) is 1. The van der Waals surface area contributed by atoms with Crippen LogP contribution in [0.3, 0.4) is 0 Å². The Hall–Kier alpha value is -0.910. The van der Waals surface area contributed by atoms with E-state index in [-0.39, 0.29) is 11.4 Å². The second-order valence-electron chi connectivity index (χ2n) is 5.66. The predicted octanol–water partition coefficient (Wildman–Crippen LogP) is 1.69. The van der Waals surface area contributed by atoms with Gasteiger partial charge in [0.1, 0.15) is 6.04 Å². The maximum absolute atomic E-state index is 12.4. The zero-order chi connectivity index (χ0) is 14.0. The van der Waals surface area contributed by atoms with Crippen LogP contribution in [0.2, 0.25) is 0 Å². The number of rotatable bonds is 5. The lowest BCUT2D eigenvalue weighted by Gasteiger charge is -2.49. The minimum absolute atomic E-state index is 0.00979. The molecular weight excluding hydrogens is 258 g/mol. The van der Waals surface area contributed by atoms with E-state index in [4.69, 9.17) is 5.73 Å². The lowest BCUT2D eigenvalue weighted by Crippen LogP contribution is -2.58. The van der Waals surface area contributed by atoms with Crippen LogP contribution in [-0.2, 0) is 4.79 Å². The highest BCUT2D eigenvalue weighted by Crippen LogP contribution is 2.37. The van der Waals surface area contributed by atoms with Crippen LogP contribution in [0.25, 0.3) is 0 Å². The minimum atomic E-state index is -0.524. The molecule has 1 aliphatic rings. The van der Waals surface area contributed by atoms with Crippen LogP contribution in [0.15, 0.2) is 17.5 Å². The third kappa shape index (κ3) is 2.83. The molecule has 0 aliphatic heterocycles. The lowest BCUT2D eigenvalue weighted by atomic mass is 9.75. The van der Waals surface area contributed by atoms with E-state index in [1.54, 1.807) is 4.90 Å². The maximum Gasteiger partial charge on any atom is 0.244 e. The average Bonchev–Trinajstić information content (AvgIpc) is 2.84. The first-order chi connectivity index (χ1) is 8.96. The highest BCUT2D eigenvalue weighted by Gasteiger charge is 2.41.